The van der Waals surface area contributed by atoms with Gasteiger partial charge in [0.1, 0.15) is 6.10 Å². The molecule has 0 fully saturated rings. The average Bonchev–Trinajstić information content (AvgIpc) is 3.22. The Morgan fingerprint density at radius 1 is 1.03 bits per heavy atom. The highest BCUT2D eigenvalue weighted by Crippen LogP contribution is 2.30. The molecule has 4 rings (SSSR count). The Labute approximate surface area is 196 Å². The second-order valence-electron chi connectivity index (χ2n) is 8.93. The van der Waals surface area contributed by atoms with Crippen molar-refractivity contribution in [1.29, 1.82) is 0 Å². The van der Waals surface area contributed by atoms with Gasteiger partial charge in [0.2, 0.25) is 0 Å². The maximum atomic E-state index is 12.3. The molecule has 1 aliphatic rings. The van der Waals surface area contributed by atoms with Crippen molar-refractivity contribution < 1.29 is 14.6 Å². The first-order chi connectivity index (χ1) is 15.9. The number of hydrogen-bond acceptors (Lipinski definition) is 4. The lowest BCUT2D eigenvalue weighted by Gasteiger charge is -2.25. The van der Waals surface area contributed by atoms with Gasteiger partial charge in [-0.2, -0.15) is 0 Å². The van der Waals surface area contributed by atoms with Crippen molar-refractivity contribution in [2.75, 3.05) is 38.7 Å². The molecule has 5 nitrogen and oxygen atoms in total. The molecule has 3 aromatic rings. The number of fused-ring (bicyclic) bond motifs is 1. The van der Waals surface area contributed by atoms with E-state index in [2.05, 4.69) is 48.2 Å². The van der Waals surface area contributed by atoms with Gasteiger partial charge in [0.05, 0.1) is 12.7 Å². The molecule has 0 saturated heterocycles. The smallest absolute Gasteiger partial charge is 0.253 e. The summed E-state index contributed by atoms with van der Waals surface area (Å²) in [6.07, 6.45) is 0.00983. The third-order valence-corrected chi connectivity index (χ3v) is 6.09. The van der Waals surface area contributed by atoms with Crippen LogP contribution in [0.15, 0.2) is 72.8 Å². The third-order valence-electron chi connectivity index (χ3n) is 6.09. The lowest BCUT2D eigenvalue weighted by Crippen LogP contribution is -2.34. The summed E-state index contributed by atoms with van der Waals surface area (Å²) in [6.45, 7) is 3.62. The zero-order valence-electron chi connectivity index (χ0n) is 19.6. The molecule has 0 aliphatic carbocycles. The Kier molecular flexibility index (Phi) is 7.11. The summed E-state index contributed by atoms with van der Waals surface area (Å²) in [5.74, 6) is 0.00717. The van der Waals surface area contributed by atoms with Gasteiger partial charge in [-0.25, -0.2) is 0 Å². The molecular weight excluding hydrogens is 412 g/mol. The Balaban J connectivity index is 1.42. The molecule has 1 heterocycles. The lowest BCUT2D eigenvalue weighted by molar-refractivity contribution is 0.00926. The first-order valence-corrected chi connectivity index (χ1v) is 11.4. The molecule has 5 heteroatoms. The van der Waals surface area contributed by atoms with Crippen LogP contribution in [0, 0.1) is 6.92 Å². The van der Waals surface area contributed by atoms with Gasteiger partial charge in [-0.15, -0.1) is 0 Å². The minimum atomic E-state index is -0.629. The molecule has 3 aromatic carbocycles. The minimum Gasteiger partial charge on any atom is -0.389 e. The number of carbonyl (C=O) groups is 1. The van der Waals surface area contributed by atoms with Crippen molar-refractivity contribution in [2.24, 2.45) is 0 Å². The number of amides is 1. The van der Waals surface area contributed by atoms with E-state index in [1.165, 1.54) is 5.56 Å². The zero-order chi connectivity index (χ0) is 23.4. The van der Waals surface area contributed by atoms with E-state index in [1.54, 1.807) is 19.0 Å². The van der Waals surface area contributed by atoms with Crippen LogP contribution < -0.4 is 4.90 Å². The van der Waals surface area contributed by atoms with Crippen LogP contribution in [0.2, 0.25) is 0 Å². The largest absolute Gasteiger partial charge is 0.389 e. The van der Waals surface area contributed by atoms with E-state index in [9.17, 15) is 9.90 Å². The third kappa shape index (κ3) is 5.44. The number of ether oxygens (including phenoxy) is 1. The molecule has 172 valence electrons. The number of hydrogen-bond donors (Lipinski definition) is 1. The summed E-state index contributed by atoms with van der Waals surface area (Å²) in [5.41, 5.74) is 6.28. The van der Waals surface area contributed by atoms with Crippen LogP contribution in [0.25, 0.3) is 0 Å². The highest BCUT2D eigenvalue weighted by atomic mass is 16.5. The summed E-state index contributed by atoms with van der Waals surface area (Å²) in [4.78, 5) is 16.0. The molecular formula is C28H32N2O3. The normalized spacial score (nSPS) is 14.6. The van der Waals surface area contributed by atoms with E-state index >= 15 is 0 Å². The van der Waals surface area contributed by atoms with Crippen molar-refractivity contribution in [1.82, 2.24) is 4.90 Å². The highest BCUT2D eigenvalue weighted by Gasteiger charge is 2.24. The quantitative estimate of drug-likeness (QED) is 0.565. The minimum absolute atomic E-state index is 0.00717. The average molecular weight is 445 g/mol. The van der Waals surface area contributed by atoms with Crippen LogP contribution in [0.1, 0.15) is 38.7 Å². The van der Waals surface area contributed by atoms with E-state index in [0.29, 0.717) is 12.1 Å². The first kappa shape index (κ1) is 23.0. The molecule has 33 heavy (non-hydrogen) atoms. The number of β-amino-alcohol motifs (C(OH)–C–C–N with tert-alkyl or cyclic N) is 1. The van der Waals surface area contributed by atoms with Crippen molar-refractivity contribution >= 4 is 11.6 Å². The fourth-order valence-corrected chi connectivity index (χ4v) is 4.32. The molecule has 1 aliphatic heterocycles. The zero-order valence-corrected chi connectivity index (χ0v) is 19.6. The van der Waals surface area contributed by atoms with Crippen LogP contribution in [-0.4, -0.2) is 55.8 Å². The van der Waals surface area contributed by atoms with E-state index in [0.717, 1.165) is 35.3 Å². The fourth-order valence-electron chi connectivity index (χ4n) is 4.32. The summed E-state index contributed by atoms with van der Waals surface area (Å²) >= 11 is 0. The Bertz CT molecular complexity index is 1080. The Hall–Kier alpha value is -3.15. The molecule has 0 spiro atoms. The number of nitrogens with zero attached hydrogens (tertiary/aromatic N) is 2. The van der Waals surface area contributed by atoms with Crippen molar-refractivity contribution in [3.05, 3.63) is 101 Å². The summed E-state index contributed by atoms with van der Waals surface area (Å²) in [7, 11) is 3.52. The van der Waals surface area contributed by atoms with Gasteiger partial charge in [-0.3, -0.25) is 4.79 Å². The van der Waals surface area contributed by atoms with E-state index in [4.69, 9.17) is 4.74 Å². The topological polar surface area (TPSA) is 53.0 Å². The van der Waals surface area contributed by atoms with Gasteiger partial charge in [0.25, 0.3) is 5.91 Å². The molecule has 0 bridgehead atoms. The SMILES string of the molecule is Cc1ccc(C(OCC(O)CN2CCc3cc(C(=O)N(C)C)ccc32)c2ccccc2)cc1. The van der Waals surface area contributed by atoms with Gasteiger partial charge >= 0.3 is 0 Å². The second-order valence-corrected chi connectivity index (χ2v) is 8.93. The summed E-state index contributed by atoms with van der Waals surface area (Å²) in [5, 5.41) is 10.8. The monoisotopic (exact) mass is 444 g/mol. The number of aliphatic hydroxyl groups is 1. The van der Waals surface area contributed by atoms with E-state index in [-0.39, 0.29) is 18.6 Å². The summed E-state index contributed by atoms with van der Waals surface area (Å²) < 4.78 is 6.26. The van der Waals surface area contributed by atoms with Crippen molar-refractivity contribution in [3.63, 3.8) is 0 Å². The number of carbonyl (C=O) groups excluding carboxylic acids is 1. The van der Waals surface area contributed by atoms with Crippen LogP contribution in [0.5, 0.6) is 0 Å². The number of benzene rings is 3. The number of aryl methyl sites for hydroxylation is 1. The molecule has 0 radical (unpaired) electrons. The van der Waals surface area contributed by atoms with Crippen molar-refractivity contribution in [3.8, 4) is 0 Å². The molecule has 0 saturated carbocycles. The fraction of sp³-hybridized carbons (Fsp3) is 0.321. The van der Waals surface area contributed by atoms with Gasteiger partial charge in [0.15, 0.2) is 0 Å². The standard InChI is InChI=1S/C28H32N2O3/c1-20-9-11-22(12-10-20)27(21-7-5-4-6-8-21)33-19-25(31)18-30-16-15-23-17-24(13-14-26(23)30)28(32)29(2)3/h4-14,17,25,27,31H,15-16,18-19H2,1-3H3. The molecule has 1 N–H and O–H groups in total. The number of rotatable bonds is 8. The molecule has 0 aromatic heterocycles. The molecule has 1 amide bonds. The van der Waals surface area contributed by atoms with Gasteiger partial charge in [-0.1, -0.05) is 60.2 Å². The number of aliphatic hydroxyl groups excluding tert-OH is 1. The maximum absolute atomic E-state index is 12.3. The Morgan fingerprint density at radius 3 is 2.42 bits per heavy atom. The van der Waals surface area contributed by atoms with Gasteiger partial charge < -0.3 is 19.6 Å². The van der Waals surface area contributed by atoms with Gasteiger partial charge in [-0.05, 0) is 48.2 Å². The summed E-state index contributed by atoms with van der Waals surface area (Å²) in [6, 6.07) is 24.3. The predicted octanol–water partition coefficient (Wildman–Crippen LogP) is 4.23. The molecule has 2 atom stereocenters. The number of anilines is 1. The van der Waals surface area contributed by atoms with E-state index in [1.807, 2.05) is 36.4 Å². The Morgan fingerprint density at radius 2 is 1.73 bits per heavy atom. The maximum Gasteiger partial charge on any atom is 0.253 e. The lowest BCUT2D eigenvalue weighted by atomic mass is 10.0. The van der Waals surface area contributed by atoms with Crippen LogP contribution in [-0.2, 0) is 11.2 Å². The van der Waals surface area contributed by atoms with Crippen molar-refractivity contribution in [2.45, 2.75) is 25.6 Å². The van der Waals surface area contributed by atoms with Crippen LogP contribution in [0.4, 0.5) is 5.69 Å². The first-order valence-electron chi connectivity index (χ1n) is 11.4. The second kappa shape index (κ2) is 10.2. The van der Waals surface area contributed by atoms with Crippen LogP contribution >= 0.6 is 0 Å². The highest BCUT2D eigenvalue weighted by molar-refractivity contribution is 5.94. The van der Waals surface area contributed by atoms with Gasteiger partial charge in [0, 0.05) is 38.4 Å². The predicted molar refractivity (Wildman–Crippen MR) is 132 cm³/mol. The van der Waals surface area contributed by atoms with Crippen LogP contribution in [0.3, 0.4) is 0 Å². The molecule has 2 unspecified atom stereocenters. The van der Waals surface area contributed by atoms with E-state index < -0.39 is 6.10 Å².